The first-order valence-corrected chi connectivity index (χ1v) is 9.33. The van der Waals surface area contributed by atoms with Crippen molar-refractivity contribution in [1.29, 1.82) is 0 Å². The SMILES string of the molecule is Cn1c(SCc2noc(-c3cccc(Cl)c3)n2)nnc1-c1ccc(F)cc1. The molecule has 0 fully saturated rings. The van der Waals surface area contributed by atoms with E-state index in [9.17, 15) is 4.39 Å². The van der Waals surface area contributed by atoms with E-state index < -0.39 is 0 Å². The van der Waals surface area contributed by atoms with E-state index in [1.165, 1.54) is 23.9 Å². The lowest BCUT2D eigenvalue weighted by Gasteiger charge is -2.02. The van der Waals surface area contributed by atoms with Gasteiger partial charge < -0.3 is 9.09 Å². The van der Waals surface area contributed by atoms with Crippen molar-refractivity contribution in [2.75, 3.05) is 0 Å². The van der Waals surface area contributed by atoms with Gasteiger partial charge in [0.1, 0.15) is 5.82 Å². The van der Waals surface area contributed by atoms with Crippen LogP contribution in [0.5, 0.6) is 0 Å². The summed E-state index contributed by atoms with van der Waals surface area (Å²) >= 11 is 7.42. The molecule has 136 valence electrons. The van der Waals surface area contributed by atoms with E-state index in [0.717, 1.165) is 11.1 Å². The summed E-state index contributed by atoms with van der Waals surface area (Å²) < 4.78 is 20.2. The molecule has 0 aliphatic rings. The Morgan fingerprint density at radius 2 is 1.93 bits per heavy atom. The van der Waals surface area contributed by atoms with Gasteiger partial charge in [-0.15, -0.1) is 10.2 Å². The molecule has 4 aromatic rings. The first-order chi connectivity index (χ1) is 13.1. The minimum absolute atomic E-state index is 0.289. The van der Waals surface area contributed by atoms with Crippen LogP contribution >= 0.6 is 23.4 Å². The van der Waals surface area contributed by atoms with Gasteiger partial charge in [-0.25, -0.2) is 4.39 Å². The van der Waals surface area contributed by atoms with Gasteiger partial charge in [0.15, 0.2) is 16.8 Å². The van der Waals surface area contributed by atoms with E-state index in [-0.39, 0.29) is 5.82 Å². The van der Waals surface area contributed by atoms with Crippen LogP contribution in [0.1, 0.15) is 5.82 Å². The highest BCUT2D eigenvalue weighted by atomic mass is 35.5. The second-order valence-corrected chi connectivity index (χ2v) is 7.07. The van der Waals surface area contributed by atoms with Gasteiger partial charge in [-0.05, 0) is 42.5 Å². The zero-order valence-corrected chi connectivity index (χ0v) is 15.7. The van der Waals surface area contributed by atoms with E-state index in [2.05, 4.69) is 20.3 Å². The Bertz CT molecular complexity index is 1080. The number of aromatic nitrogens is 5. The molecule has 0 unspecified atom stereocenters. The molecule has 0 saturated heterocycles. The second-order valence-electron chi connectivity index (χ2n) is 5.69. The molecule has 9 heteroatoms. The maximum Gasteiger partial charge on any atom is 0.258 e. The molecule has 0 bridgehead atoms. The first kappa shape index (κ1) is 17.7. The van der Waals surface area contributed by atoms with Gasteiger partial charge in [-0.3, -0.25) is 0 Å². The van der Waals surface area contributed by atoms with Crippen molar-refractivity contribution >= 4 is 23.4 Å². The molecule has 0 amide bonds. The third-order valence-electron chi connectivity index (χ3n) is 3.81. The van der Waals surface area contributed by atoms with Crippen LogP contribution in [-0.2, 0) is 12.8 Å². The Labute approximate surface area is 163 Å². The number of hydrogen-bond donors (Lipinski definition) is 0. The maximum atomic E-state index is 13.1. The van der Waals surface area contributed by atoms with Gasteiger partial charge >= 0.3 is 0 Å². The molecule has 2 heterocycles. The minimum Gasteiger partial charge on any atom is -0.334 e. The fourth-order valence-corrected chi connectivity index (χ4v) is 3.42. The van der Waals surface area contributed by atoms with E-state index in [0.29, 0.717) is 33.5 Å². The van der Waals surface area contributed by atoms with Crippen LogP contribution in [-0.4, -0.2) is 24.9 Å². The third kappa shape index (κ3) is 3.86. The smallest absolute Gasteiger partial charge is 0.258 e. The number of rotatable bonds is 5. The van der Waals surface area contributed by atoms with Gasteiger partial charge in [0.25, 0.3) is 5.89 Å². The van der Waals surface area contributed by atoms with Crippen LogP contribution in [0.15, 0.2) is 58.2 Å². The van der Waals surface area contributed by atoms with E-state index >= 15 is 0 Å². The molecule has 0 atom stereocenters. The zero-order valence-electron chi connectivity index (χ0n) is 14.1. The molecule has 6 nitrogen and oxygen atoms in total. The Hall–Kier alpha value is -2.71. The topological polar surface area (TPSA) is 69.6 Å². The predicted octanol–water partition coefficient (Wildman–Crippen LogP) is 4.62. The van der Waals surface area contributed by atoms with E-state index in [1.54, 1.807) is 24.3 Å². The van der Waals surface area contributed by atoms with E-state index in [4.69, 9.17) is 16.1 Å². The molecule has 2 aromatic heterocycles. The average Bonchev–Trinajstić information content (AvgIpc) is 3.28. The Morgan fingerprint density at radius 3 is 2.70 bits per heavy atom. The van der Waals surface area contributed by atoms with Crippen molar-refractivity contribution in [3.8, 4) is 22.8 Å². The molecule has 0 aliphatic carbocycles. The molecule has 0 radical (unpaired) electrons. The van der Waals surface area contributed by atoms with Gasteiger partial charge in [0, 0.05) is 23.2 Å². The van der Waals surface area contributed by atoms with Crippen LogP contribution in [0.25, 0.3) is 22.8 Å². The standard InChI is InChI=1S/C18H13ClFN5OS/c1-25-16(11-5-7-14(20)8-6-11)22-23-18(25)27-10-15-21-17(26-24-15)12-3-2-4-13(19)9-12/h2-9H,10H2,1H3. The van der Waals surface area contributed by atoms with Gasteiger partial charge in [0.2, 0.25) is 0 Å². The number of benzene rings is 2. The molecule has 2 aromatic carbocycles. The lowest BCUT2D eigenvalue weighted by Crippen LogP contribution is -1.95. The van der Waals surface area contributed by atoms with Crippen LogP contribution in [0.3, 0.4) is 0 Å². The fraction of sp³-hybridized carbons (Fsp3) is 0.111. The van der Waals surface area contributed by atoms with Crippen molar-refractivity contribution in [3.63, 3.8) is 0 Å². The van der Waals surface area contributed by atoms with Gasteiger partial charge in [-0.2, -0.15) is 4.98 Å². The lowest BCUT2D eigenvalue weighted by atomic mass is 10.2. The number of nitrogens with zero attached hydrogens (tertiary/aromatic N) is 5. The molecule has 27 heavy (non-hydrogen) atoms. The second kappa shape index (κ2) is 7.50. The van der Waals surface area contributed by atoms with Gasteiger partial charge in [0.05, 0.1) is 5.75 Å². The number of hydrogen-bond acceptors (Lipinski definition) is 6. The maximum absolute atomic E-state index is 13.1. The lowest BCUT2D eigenvalue weighted by molar-refractivity contribution is 0.425. The Morgan fingerprint density at radius 1 is 1.11 bits per heavy atom. The largest absolute Gasteiger partial charge is 0.334 e. The van der Waals surface area contributed by atoms with Crippen molar-refractivity contribution in [3.05, 3.63) is 65.2 Å². The minimum atomic E-state index is -0.289. The summed E-state index contributed by atoms with van der Waals surface area (Å²) in [6, 6.07) is 13.4. The summed E-state index contributed by atoms with van der Waals surface area (Å²) in [5.74, 6) is 1.80. The summed E-state index contributed by atoms with van der Waals surface area (Å²) in [5.41, 5.74) is 1.56. The van der Waals surface area contributed by atoms with Crippen LogP contribution in [0.2, 0.25) is 5.02 Å². The van der Waals surface area contributed by atoms with Gasteiger partial charge in [-0.1, -0.05) is 34.6 Å². The third-order valence-corrected chi connectivity index (χ3v) is 5.06. The fourth-order valence-electron chi connectivity index (χ4n) is 2.47. The monoisotopic (exact) mass is 401 g/mol. The molecule has 4 rings (SSSR count). The normalized spacial score (nSPS) is 11.1. The first-order valence-electron chi connectivity index (χ1n) is 7.97. The summed E-state index contributed by atoms with van der Waals surface area (Å²) in [6.07, 6.45) is 0. The Kier molecular flexibility index (Phi) is 4.91. The van der Waals surface area contributed by atoms with Crippen molar-refractivity contribution in [2.45, 2.75) is 10.9 Å². The molecular weight excluding hydrogens is 389 g/mol. The number of thioether (sulfide) groups is 1. The zero-order chi connectivity index (χ0) is 18.8. The molecule has 0 saturated carbocycles. The summed E-state index contributed by atoms with van der Waals surface area (Å²) in [4.78, 5) is 4.38. The summed E-state index contributed by atoms with van der Waals surface area (Å²) in [5, 5.41) is 13.7. The molecular formula is C18H13ClFN5OS. The van der Waals surface area contributed by atoms with Crippen LogP contribution in [0.4, 0.5) is 4.39 Å². The van der Waals surface area contributed by atoms with Crippen LogP contribution in [0, 0.1) is 5.82 Å². The highest BCUT2D eigenvalue weighted by Crippen LogP contribution is 2.26. The average molecular weight is 402 g/mol. The van der Waals surface area contributed by atoms with Crippen molar-refractivity contribution < 1.29 is 8.91 Å². The molecule has 0 aliphatic heterocycles. The van der Waals surface area contributed by atoms with Crippen molar-refractivity contribution in [2.24, 2.45) is 7.05 Å². The molecule has 0 N–H and O–H groups in total. The summed E-state index contributed by atoms with van der Waals surface area (Å²) in [7, 11) is 1.86. The van der Waals surface area contributed by atoms with E-state index in [1.807, 2.05) is 23.7 Å². The number of halogens is 2. The molecule has 0 spiro atoms. The quantitative estimate of drug-likeness (QED) is 0.454. The predicted molar refractivity (Wildman–Crippen MR) is 101 cm³/mol. The highest BCUT2D eigenvalue weighted by Gasteiger charge is 2.14. The summed E-state index contributed by atoms with van der Waals surface area (Å²) in [6.45, 7) is 0. The highest BCUT2D eigenvalue weighted by molar-refractivity contribution is 7.98. The Balaban J connectivity index is 1.47. The van der Waals surface area contributed by atoms with Crippen LogP contribution < -0.4 is 0 Å². The van der Waals surface area contributed by atoms with Crippen molar-refractivity contribution in [1.82, 2.24) is 24.9 Å².